The minimum Gasteiger partial charge on any atom is -0.459 e. The standard InChI is InChI=1S/C18H17N3O4/c22-17(16-7-4-10-24-16)20-15(11-21-9-8-19-13-21)18(23)25-12-14-5-2-1-3-6-14/h1-10,13,15H,11-12H2,(H,20,22)/t15-/m0/s1. The monoisotopic (exact) mass is 339 g/mol. The minimum absolute atomic E-state index is 0.131. The lowest BCUT2D eigenvalue weighted by atomic mass is 10.2. The molecule has 7 heteroatoms. The maximum atomic E-state index is 12.4. The molecule has 1 atom stereocenters. The number of furan rings is 1. The van der Waals surface area contributed by atoms with Crippen molar-refractivity contribution in [3.63, 3.8) is 0 Å². The van der Waals surface area contributed by atoms with Gasteiger partial charge in [-0.2, -0.15) is 0 Å². The molecule has 0 spiro atoms. The number of aromatic nitrogens is 2. The van der Waals surface area contributed by atoms with Crippen molar-refractivity contribution < 1.29 is 18.7 Å². The van der Waals surface area contributed by atoms with Crippen molar-refractivity contribution in [3.8, 4) is 0 Å². The second-order valence-electron chi connectivity index (χ2n) is 5.36. The van der Waals surface area contributed by atoms with Gasteiger partial charge in [0.05, 0.1) is 19.1 Å². The summed E-state index contributed by atoms with van der Waals surface area (Å²) >= 11 is 0. The number of imidazole rings is 1. The van der Waals surface area contributed by atoms with Gasteiger partial charge in [0, 0.05) is 12.4 Å². The minimum atomic E-state index is -0.865. The smallest absolute Gasteiger partial charge is 0.330 e. The molecule has 0 unspecified atom stereocenters. The lowest BCUT2D eigenvalue weighted by Gasteiger charge is -2.17. The van der Waals surface area contributed by atoms with E-state index < -0.39 is 17.9 Å². The van der Waals surface area contributed by atoms with Crippen LogP contribution in [-0.4, -0.2) is 27.5 Å². The van der Waals surface area contributed by atoms with Crippen molar-refractivity contribution in [2.24, 2.45) is 0 Å². The predicted molar refractivity (Wildman–Crippen MR) is 88.4 cm³/mol. The Balaban J connectivity index is 1.66. The van der Waals surface area contributed by atoms with Crippen LogP contribution >= 0.6 is 0 Å². The van der Waals surface area contributed by atoms with Gasteiger partial charge >= 0.3 is 5.97 Å². The van der Waals surface area contributed by atoms with Gasteiger partial charge in [0.2, 0.25) is 0 Å². The van der Waals surface area contributed by atoms with E-state index in [1.165, 1.54) is 12.3 Å². The highest BCUT2D eigenvalue weighted by molar-refractivity contribution is 5.94. The second kappa shape index (κ2) is 7.96. The number of nitrogens with one attached hydrogen (secondary N) is 1. The average molecular weight is 339 g/mol. The first-order valence-corrected chi connectivity index (χ1v) is 7.73. The Morgan fingerprint density at radius 3 is 2.72 bits per heavy atom. The summed E-state index contributed by atoms with van der Waals surface area (Å²) in [4.78, 5) is 28.6. The summed E-state index contributed by atoms with van der Waals surface area (Å²) in [6, 6.07) is 11.6. The second-order valence-corrected chi connectivity index (χ2v) is 5.36. The molecule has 2 heterocycles. The summed E-state index contributed by atoms with van der Waals surface area (Å²) in [6.07, 6.45) is 6.27. The summed E-state index contributed by atoms with van der Waals surface area (Å²) in [5, 5.41) is 2.64. The van der Waals surface area contributed by atoms with Crippen LogP contribution in [0.1, 0.15) is 16.1 Å². The molecule has 1 amide bonds. The molecule has 128 valence electrons. The van der Waals surface area contributed by atoms with Gasteiger partial charge in [0.25, 0.3) is 5.91 Å². The zero-order chi connectivity index (χ0) is 17.5. The van der Waals surface area contributed by atoms with Crippen molar-refractivity contribution >= 4 is 11.9 Å². The Morgan fingerprint density at radius 2 is 2.04 bits per heavy atom. The number of benzene rings is 1. The third-order valence-corrected chi connectivity index (χ3v) is 3.51. The Bertz CT molecular complexity index is 798. The Labute approximate surface area is 144 Å². The number of hydrogen-bond acceptors (Lipinski definition) is 5. The van der Waals surface area contributed by atoms with Crippen LogP contribution in [0.3, 0.4) is 0 Å². The van der Waals surface area contributed by atoms with Crippen LogP contribution < -0.4 is 5.32 Å². The first-order chi connectivity index (χ1) is 12.2. The van der Waals surface area contributed by atoms with Crippen molar-refractivity contribution in [2.45, 2.75) is 19.2 Å². The number of carbonyl (C=O) groups excluding carboxylic acids is 2. The molecule has 0 radical (unpaired) electrons. The highest BCUT2D eigenvalue weighted by Crippen LogP contribution is 2.05. The van der Waals surface area contributed by atoms with Crippen LogP contribution in [0.25, 0.3) is 0 Å². The molecule has 0 saturated carbocycles. The molecule has 0 fully saturated rings. The number of ether oxygens (including phenoxy) is 1. The molecular weight excluding hydrogens is 322 g/mol. The maximum Gasteiger partial charge on any atom is 0.330 e. The first kappa shape index (κ1) is 16.5. The van der Waals surface area contributed by atoms with Crippen molar-refractivity contribution in [2.75, 3.05) is 0 Å². The summed E-state index contributed by atoms with van der Waals surface area (Å²) in [7, 11) is 0. The zero-order valence-electron chi connectivity index (χ0n) is 13.4. The van der Waals surface area contributed by atoms with E-state index in [1.54, 1.807) is 29.4 Å². The largest absolute Gasteiger partial charge is 0.459 e. The van der Waals surface area contributed by atoms with E-state index in [9.17, 15) is 9.59 Å². The van der Waals surface area contributed by atoms with Crippen LogP contribution in [0.5, 0.6) is 0 Å². The molecule has 3 aromatic rings. The quantitative estimate of drug-likeness (QED) is 0.666. The van der Waals surface area contributed by atoms with Gasteiger partial charge in [-0.1, -0.05) is 30.3 Å². The van der Waals surface area contributed by atoms with Crippen molar-refractivity contribution in [1.29, 1.82) is 0 Å². The van der Waals surface area contributed by atoms with E-state index in [4.69, 9.17) is 9.15 Å². The molecule has 0 aliphatic carbocycles. The van der Waals surface area contributed by atoms with E-state index in [-0.39, 0.29) is 18.9 Å². The maximum absolute atomic E-state index is 12.4. The molecule has 0 aliphatic heterocycles. The molecule has 1 N–H and O–H groups in total. The van der Waals surface area contributed by atoms with Gasteiger partial charge in [0.1, 0.15) is 12.6 Å². The van der Waals surface area contributed by atoms with E-state index in [0.29, 0.717) is 0 Å². The third-order valence-electron chi connectivity index (χ3n) is 3.51. The SMILES string of the molecule is O=C(N[C@@H](Cn1ccnc1)C(=O)OCc1ccccc1)c1ccco1. The molecule has 0 saturated heterocycles. The summed E-state index contributed by atoms with van der Waals surface area (Å²) < 4.78 is 12.1. The number of amides is 1. The van der Waals surface area contributed by atoms with E-state index >= 15 is 0 Å². The molecule has 1 aromatic carbocycles. The predicted octanol–water partition coefficient (Wildman–Crippen LogP) is 2.02. The molecule has 3 rings (SSSR count). The summed E-state index contributed by atoms with van der Waals surface area (Å²) in [5.74, 6) is -0.879. The topological polar surface area (TPSA) is 86.4 Å². The Kier molecular flexibility index (Phi) is 5.26. The number of rotatable bonds is 7. The van der Waals surface area contributed by atoms with Gasteiger partial charge in [-0.15, -0.1) is 0 Å². The van der Waals surface area contributed by atoms with Crippen LogP contribution in [0.15, 0.2) is 71.9 Å². The highest BCUT2D eigenvalue weighted by Gasteiger charge is 2.24. The highest BCUT2D eigenvalue weighted by atomic mass is 16.5. The Hall–Kier alpha value is -3.35. The van der Waals surface area contributed by atoms with Crippen LogP contribution in [0.4, 0.5) is 0 Å². The van der Waals surface area contributed by atoms with Gasteiger partial charge in [-0.05, 0) is 17.7 Å². The van der Waals surface area contributed by atoms with Gasteiger partial charge in [0.15, 0.2) is 5.76 Å². The number of carbonyl (C=O) groups is 2. The van der Waals surface area contributed by atoms with Crippen molar-refractivity contribution in [1.82, 2.24) is 14.9 Å². The van der Waals surface area contributed by atoms with Crippen LogP contribution in [0, 0.1) is 0 Å². The summed E-state index contributed by atoms with van der Waals surface area (Å²) in [5.41, 5.74) is 0.870. The molecule has 7 nitrogen and oxygen atoms in total. The molecule has 0 aliphatic rings. The summed E-state index contributed by atoms with van der Waals surface area (Å²) in [6.45, 7) is 0.344. The van der Waals surface area contributed by atoms with Crippen LogP contribution in [0.2, 0.25) is 0 Å². The van der Waals surface area contributed by atoms with E-state index in [1.807, 2.05) is 30.3 Å². The fraction of sp³-hybridized carbons (Fsp3) is 0.167. The van der Waals surface area contributed by atoms with E-state index in [2.05, 4.69) is 10.3 Å². The lowest BCUT2D eigenvalue weighted by molar-refractivity contribution is -0.147. The fourth-order valence-corrected chi connectivity index (χ4v) is 2.25. The molecule has 2 aromatic heterocycles. The first-order valence-electron chi connectivity index (χ1n) is 7.73. The lowest BCUT2D eigenvalue weighted by Crippen LogP contribution is -2.44. The molecular formula is C18H17N3O4. The zero-order valence-corrected chi connectivity index (χ0v) is 13.4. The third kappa shape index (κ3) is 4.57. The Morgan fingerprint density at radius 1 is 1.20 bits per heavy atom. The van der Waals surface area contributed by atoms with Crippen molar-refractivity contribution in [3.05, 3.63) is 78.8 Å². The van der Waals surface area contributed by atoms with Gasteiger partial charge in [-0.3, -0.25) is 4.79 Å². The van der Waals surface area contributed by atoms with E-state index in [0.717, 1.165) is 5.56 Å². The molecule has 25 heavy (non-hydrogen) atoms. The van der Waals surface area contributed by atoms with Gasteiger partial charge in [-0.25, -0.2) is 9.78 Å². The average Bonchev–Trinajstić information content (AvgIpc) is 3.33. The fourth-order valence-electron chi connectivity index (χ4n) is 2.25. The normalized spacial score (nSPS) is 11.7. The molecule has 0 bridgehead atoms. The number of esters is 1. The number of nitrogens with zero attached hydrogens (tertiary/aromatic N) is 2. The number of hydrogen-bond donors (Lipinski definition) is 1. The van der Waals surface area contributed by atoms with Gasteiger partial charge < -0.3 is 19.0 Å². The van der Waals surface area contributed by atoms with Crippen LogP contribution in [-0.2, 0) is 22.7 Å².